The average molecular weight is 717 g/mol. The summed E-state index contributed by atoms with van der Waals surface area (Å²) in [5.74, 6) is 0.725. The summed E-state index contributed by atoms with van der Waals surface area (Å²) in [7, 11) is 0. The van der Waals surface area contributed by atoms with Crippen molar-refractivity contribution in [2.24, 2.45) is 0 Å². The summed E-state index contributed by atoms with van der Waals surface area (Å²) in [5.41, 5.74) is 18.1. The Hall–Kier alpha value is -6.64. The second-order valence-corrected chi connectivity index (χ2v) is 16.6. The molecule has 2 aliphatic rings. The van der Waals surface area contributed by atoms with Gasteiger partial charge in [0.2, 0.25) is 0 Å². The molecule has 0 saturated carbocycles. The van der Waals surface area contributed by atoms with Gasteiger partial charge < -0.3 is 0 Å². The van der Waals surface area contributed by atoms with E-state index in [0.29, 0.717) is 0 Å². The van der Waals surface area contributed by atoms with Gasteiger partial charge in [0.1, 0.15) is 0 Å². The zero-order valence-corrected chi connectivity index (χ0v) is 32.1. The minimum absolute atomic E-state index is 0.0515. The summed E-state index contributed by atoms with van der Waals surface area (Å²) in [4.78, 5) is 10.7. The van der Waals surface area contributed by atoms with E-state index in [9.17, 15) is 0 Å². The highest BCUT2D eigenvalue weighted by Gasteiger charge is 2.37. The lowest BCUT2D eigenvalue weighted by atomic mass is 9.79. The number of rotatable bonds is 4. The zero-order chi connectivity index (χ0) is 37.8. The van der Waals surface area contributed by atoms with Crippen molar-refractivity contribution in [1.29, 1.82) is 0 Å². The van der Waals surface area contributed by atoms with Crippen LogP contribution in [0, 0.1) is 0 Å². The highest BCUT2D eigenvalue weighted by molar-refractivity contribution is 6.05. The average Bonchev–Trinajstić information content (AvgIpc) is 3.62. The Labute approximate surface area is 328 Å². The molecule has 0 aliphatic heterocycles. The quantitative estimate of drug-likeness (QED) is 0.181. The molecule has 0 unspecified atom stereocenters. The maximum atomic E-state index is 5.37. The number of aromatic nitrogens is 2. The first-order valence-corrected chi connectivity index (χ1v) is 19.7. The summed E-state index contributed by atoms with van der Waals surface area (Å²) in [6.45, 7) is 9.41. The van der Waals surface area contributed by atoms with E-state index in [1.165, 1.54) is 71.8 Å². The van der Waals surface area contributed by atoms with Crippen molar-refractivity contribution >= 4 is 21.5 Å². The molecule has 0 fully saturated rings. The number of fused-ring (bicyclic) bond motifs is 9. The molecule has 266 valence electrons. The van der Waals surface area contributed by atoms with E-state index in [-0.39, 0.29) is 10.8 Å². The number of nitrogens with zero attached hydrogens (tertiary/aromatic N) is 2. The predicted molar refractivity (Wildman–Crippen MR) is 234 cm³/mol. The largest absolute Gasteiger partial charge is 0.228 e. The van der Waals surface area contributed by atoms with Crippen LogP contribution >= 0.6 is 0 Å². The lowest BCUT2D eigenvalue weighted by Crippen LogP contribution is -2.15. The number of hydrogen-bond donors (Lipinski definition) is 0. The molecule has 0 bridgehead atoms. The number of benzene rings is 8. The first kappa shape index (κ1) is 32.8. The van der Waals surface area contributed by atoms with Gasteiger partial charge in [-0.15, -0.1) is 0 Å². The third-order valence-electron chi connectivity index (χ3n) is 12.7. The molecule has 8 aromatic carbocycles. The van der Waals surface area contributed by atoms with Crippen molar-refractivity contribution in [3.8, 4) is 67.3 Å². The molecule has 11 rings (SSSR count). The van der Waals surface area contributed by atoms with Gasteiger partial charge in [-0.1, -0.05) is 173 Å². The van der Waals surface area contributed by atoms with E-state index in [2.05, 4.69) is 198 Å². The fraction of sp³-hybridized carbons (Fsp3) is 0.111. The highest BCUT2D eigenvalue weighted by atomic mass is 14.9. The summed E-state index contributed by atoms with van der Waals surface area (Å²) in [5, 5.41) is 4.96. The van der Waals surface area contributed by atoms with Crippen LogP contribution in [0.5, 0.6) is 0 Å². The Bertz CT molecular complexity index is 3080. The molecule has 2 aliphatic carbocycles. The van der Waals surface area contributed by atoms with Crippen molar-refractivity contribution in [2.45, 2.75) is 38.5 Å². The monoisotopic (exact) mass is 716 g/mol. The molecule has 1 heterocycles. The van der Waals surface area contributed by atoms with E-state index < -0.39 is 0 Å². The first-order chi connectivity index (χ1) is 27.3. The minimum Gasteiger partial charge on any atom is -0.228 e. The molecular formula is C54H40N2. The molecular weight excluding hydrogens is 677 g/mol. The minimum atomic E-state index is -0.130. The van der Waals surface area contributed by atoms with Crippen molar-refractivity contribution in [2.75, 3.05) is 0 Å². The smallest absolute Gasteiger partial charge is 0.161 e. The summed E-state index contributed by atoms with van der Waals surface area (Å²) < 4.78 is 0. The molecule has 0 spiro atoms. The van der Waals surface area contributed by atoms with Crippen molar-refractivity contribution in [3.63, 3.8) is 0 Å². The van der Waals surface area contributed by atoms with Crippen molar-refractivity contribution in [1.82, 2.24) is 9.97 Å². The van der Waals surface area contributed by atoms with Crippen molar-refractivity contribution < 1.29 is 0 Å². The first-order valence-electron chi connectivity index (χ1n) is 19.7. The fourth-order valence-corrected chi connectivity index (χ4v) is 9.87. The van der Waals surface area contributed by atoms with E-state index in [1.54, 1.807) is 0 Å². The van der Waals surface area contributed by atoms with E-state index >= 15 is 0 Å². The topological polar surface area (TPSA) is 25.8 Å². The predicted octanol–water partition coefficient (Wildman–Crippen LogP) is 14.1. The van der Waals surface area contributed by atoms with Gasteiger partial charge in [0, 0.05) is 27.5 Å². The van der Waals surface area contributed by atoms with Gasteiger partial charge in [0.15, 0.2) is 5.82 Å². The third kappa shape index (κ3) is 4.75. The molecule has 56 heavy (non-hydrogen) atoms. The maximum Gasteiger partial charge on any atom is 0.161 e. The Morgan fingerprint density at radius 3 is 1.75 bits per heavy atom. The second kappa shape index (κ2) is 11.9. The normalized spacial score (nSPS) is 14.4. The van der Waals surface area contributed by atoms with Gasteiger partial charge >= 0.3 is 0 Å². The summed E-state index contributed by atoms with van der Waals surface area (Å²) >= 11 is 0. The van der Waals surface area contributed by atoms with E-state index in [0.717, 1.165) is 39.3 Å². The lowest BCUT2D eigenvalue weighted by Gasteiger charge is -2.24. The van der Waals surface area contributed by atoms with Gasteiger partial charge in [-0.2, -0.15) is 0 Å². The van der Waals surface area contributed by atoms with Crippen LogP contribution in [0.4, 0.5) is 0 Å². The van der Waals surface area contributed by atoms with Crippen LogP contribution in [-0.2, 0) is 10.8 Å². The molecule has 2 heteroatoms. The summed E-state index contributed by atoms with van der Waals surface area (Å²) in [6.07, 6.45) is 0. The highest BCUT2D eigenvalue weighted by Crippen LogP contribution is 2.53. The second-order valence-electron chi connectivity index (χ2n) is 16.6. The zero-order valence-electron chi connectivity index (χ0n) is 32.1. The maximum absolute atomic E-state index is 5.37. The van der Waals surface area contributed by atoms with Gasteiger partial charge in [-0.25, -0.2) is 9.97 Å². The van der Waals surface area contributed by atoms with Gasteiger partial charge in [0.25, 0.3) is 0 Å². The Kier molecular flexibility index (Phi) is 6.98. The van der Waals surface area contributed by atoms with Crippen LogP contribution in [0.3, 0.4) is 0 Å². The molecule has 2 nitrogen and oxygen atoms in total. The molecule has 9 aromatic rings. The van der Waals surface area contributed by atoms with Gasteiger partial charge in [-0.3, -0.25) is 0 Å². The number of hydrogen-bond acceptors (Lipinski definition) is 2. The van der Waals surface area contributed by atoms with E-state index in [1.807, 2.05) is 0 Å². The Balaban J connectivity index is 1.06. The summed E-state index contributed by atoms with van der Waals surface area (Å²) in [6, 6.07) is 62.0. The van der Waals surface area contributed by atoms with Crippen LogP contribution in [-0.4, -0.2) is 9.97 Å². The standard InChI is InChI=1S/C54H40N2/c1-53(2)46-21-13-12-20-41(46)45-30-36(24-29-47(45)53)50-32-49(34-15-6-5-7-16-34)55-52(56-50)44-28-27-37(39-18-10-11-19-40(39)44)35-23-25-42-43-26-22-33-14-8-9-17-38(33)51(43)54(3,4)48(42)31-35/h5-32H,1-4H3. The Morgan fingerprint density at radius 2 is 0.929 bits per heavy atom. The molecule has 0 amide bonds. The van der Waals surface area contributed by atoms with Gasteiger partial charge in [-0.05, 0) is 101 Å². The molecule has 1 aromatic heterocycles. The molecule has 0 radical (unpaired) electrons. The molecule has 0 N–H and O–H groups in total. The molecule has 0 saturated heterocycles. The molecule has 0 atom stereocenters. The van der Waals surface area contributed by atoms with Crippen LogP contribution in [0.1, 0.15) is 49.9 Å². The lowest BCUT2D eigenvalue weighted by molar-refractivity contribution is 0.660. The van der Waals surface area contributed by atoms with Crippen LogP contribution < -0.4 is 0 Å². The fourth-order valence-electron chi connectivity index (χ4n) is 9.87. The third-order valence-corrected chi connectivity index (χ3v) is 12.7. The van der Waals surface area contributed by atoms with Crippen LogP contribution in [0.15, 0.2) is 170 Å². The Morgan fingerprint density at radius 1 is 0.339 bits per heavy atom. The van der Waals surface area contributed by atoms with Crippen LogP contribution in [0.25, 0.3) is 88.8 Å². The van der Waals surface area contributed by atoms with E-state index in [4.69, 9.17) is 9.97 Å². The van der Waals surface area contributed by atoms with Gasteiger partial charge in [0.05, 0.1) is 11.4 Å². The SMILES string of the molecule is CC1(C)c2ccccc2-c2cc(-c3cc(-c4ccccc4)nc(-c4ccc(-c5ccc6c(c5)C(C)(C)c5c-6ccc6ccccc56)c5ccccc45)n3)ccc21. The van der Waals surface area contributed by atoms with Crippen molar-refractivity contribution in [3.05, 3.63) is 192 Å². The van der Waals surface area contributed by atoms with Crippen LogP contribution in [0.2, 0.25) is 0 Å².